The Hall–Kier alpha value is -2.88. The number of ketones is 1. The first kappa shape index (κ1) is 58.7. The molecule has 21 nitrogen and oxygen atoms in total. The highest BCUT2D eigenvalue weighted by Crippen LogP contribution is 2.43. The van der Waals surface area contributed by atoms with Crippen molar-refractivity contribution in [1.29, 1.82) is 0 Å². The van der Waals surface area contributed by atoms with Gasteiger partial charge in [-0.3, -0.25) is 14.2 Å². The number of carbonyl (C=O) groups is 2. The number of esters is 1. The van der Waals surface area contributed by atoms with Crippen molar-refractivity contribution in [3.8, 4) is 0 Å². The van der Waals surface area contributed by atoms with Crippen molar-refractivity contribution < 1.29 is 87.3 Å². The molecule has 0 saturated carbocycles. The number of ether oxygens (including phenoxy) is 7. The number of nitrogens with two attached hydrogens (primary N) is 1. The van der Waals surface area contributed by atoms with Gasteiger partial charge in [-0.15, -0.1) is 0 Å². The number of rotatable bonds is 9. The van der Waals surface area contributed by atoms with Gasteiger partial charge in [0, 0.05) is 43.5 Å². The lowest BCUT2D eigenvalue weighted by Gasteiger charge is -2.49. The zero-order valence-corrected chi connectivity index (χ0v) is 42.0. The molecular formula is C46H78F2N4O17. The fourth-order valence-corrected chi connectivity index (χ4v) is 10.1. The summed E-state index contributed by atoms with van der Waals surface area (Å²) in [6.45, 7) is 15.5. The van der Waals surface area contributed by atoms with E-state index in [1.807, 2.05) is 25.9 Å². The topological polar surface area (TPSA) is 305 Å². The number of carbonyl (C=O) groups excluding carboxylic acids is 2. The molecule has 23 heteroatoms. The Morgan fingerprint density at radius 1 is 0.913 bits per heavy atom. The maximum atomic E-state index is 14.1. The predicted molar refractivity (Wildman–Crippen MR) is 241 cm³/mol. The summed E-state index contributed by atoms with van der Waals surface area (Å²) >= 11 is 0. The summed E-state index contributed by atoms with van der Waals surface area (Å²) in [7, 11) is 5.18. The molecule has 4 aliphatic rings. The summed E-state index contributed by atoms with van der Waals surface area (Å²) in [5, 5.41) is 75.7. The second kappa shape index (κ2) is 22.9. The van der Waals surface area contributed by atoms with Gasteiger partial charge in [0.05, 0.1) is 54.2 Å². The average molecular weight is 997 g/mol. The van der Waals surface area contributed by atoms with Crippen molar-refractivity contribution in [3.05, 3.63) is 22.7 Å². The largest absolute Gasteiger partial charge is 0.459 e. The highest BCUT2D eigenvalue weighted by molar-refractivity contribution is 5.83. The highest BCUT2D eigenvalue weighted by atomic mass is 19.3. The highest BCUT2D eigenvalue weighted by Gasteiger charge is 2.60. The number of hydrogen-bond donors (Lipinski definition) is 8. The third-order valence-corrected chi connectivity index (χ3v) is 14.5. The van der Waals surface area contributed by atoms with Crippen LogP contribution in [0.4, 0.5) is 14.6 Å². The van der Waals surface area contributed by atoms with E-state index >= 15 is 0 Å². The Balaban J connectivity index is 0.000000478. The Labute approximate surface area is 402 Å². The van der Waals surface area contributed by atoms with E-state index in [2.05, 4.69) is 4.98 Å². The van der Waals surface area contributed by atoms with Crippen LogP contribution in [0.15, 0.2) is 17.1 Å². The fourth-order valence-electron chi connectivity index (χ4n) is 10.1. The van der Waals surface area contributed by atoms with Crippen LogP contribution in [-0.2, 0) is 42.7 Å². The van der Waals surface area contributed by atoms with E-state index in [1.54, 1.807) is 41.5 Å². The van der Waals surface area contributed by atoms with Gasteiger partial charge in [0.1, 0.15) is 41.6 Å². The van der Waals surface area contributed by atoms with Crippen LogP contribution in [0.25, 0.3) is 0 Å². The number of hydrogen-bond acceptors (Lipinski definition) is 20. The first-order chi connectivity index (χ1) is 31.8. The minimum Gasteiger partial charge on any atom is -0.459 e. The third-order valence-electron chi connectivity index (χ3n) is 14.5. The molecular weight excluding hydrogens is 919 g/mol. The van der Waals surface area contributed by atoms with Gasteiger partial charge < -0.3 is 79.5 Å². The molecule has 398 valence electrons. The molecule has 0 unspecified atom stereocenters. The standard InChI is InChI=1S/C37H67NO13.C9H11F2N3O4/c1-14-25-37(10,45)30(41)20(4)27(39)18(2)16-35(8,44)32(51-34-28(40)24(38(11)12)15-19(3)47-34)21(5)29(22(6)33(43)49-25)50-26-17-36(9,46-13)31(42)23(7)48-26;10-9(11)6(16)4(3-15)18-7(9)14-2-1-5(12)13-8(14)17/h18-26,28-32,34,40-42,44-45H,14-17H2,1-13H3;1-2,4,6-7,15-16H,3H2,(H2,12,13,17)/t18-,19-,20+,21+,22-,23+,24+,25-,26+,28-,29+,30-,31+,32-,34+,35-,36-,37-;4-,6-,7-/m11/s1. The van der Waals surface area contributed by atoms with Crippen LogP contribution in [0, 0.1) is 23.7 Å². The Bertz CT molecular complexity index is 1930. The van der Waals surface area contributed by atoms with Crippen molar-refractivity contribution in [2.75, 3.05) is 33.5 Å². The van der Waals surface area contributed by atoms with Gasteiger partial charge in [-0.1, -0.05) is 27.7 Å². The van der Waals surface area contributed by atoms with Gasteiger partial charge >= 0.3 is 17.6 Å². The molecule has 0 aromatic carbocycles. The number of halogens is 2. The first-order valence-corrected chi connectivity index (χ1v) is 23.5. The lowest BCUT2D eigenvalue weighted by atomic mass is 9.74. The van der Waals surface area contributed by atoms with Crippen molar-refractivity contribution in [2.45, 2.75) is 204 Å². The molecule has 4 fully saturated rings. The molecule has 0 aliphatic carbocycles. The van der Waals surface area contributed by atoms with E-state index in [1.165, 1.54) is 27.9 Å². The molecule has 69 heavy (non-hydrogen) atoms. The first-order valence-electron chi connectivity index (χ1n) is 23.5. The molecule has 4 saturated heterocycles. The van der Waals surface area contributed by atoms with E-state index in [-0.39, 0.29) is 37.2 Å². The summed E-state index contributed by atoms with van der Waals surface area (Å²) in [5.41, 5.74) is -0.629. The second-order valence-electron chi connectivity index (χ2n) is 20.3. The zero-order chi connectivity index (χ0) is 52.5. The smallest absolute Gasteiger partial charge is 0.351 e. The average Bonchev–Trinajstić information content (AvgIpc) is 3.50. The van der Waals surface area contributed by atoms with Crippen LogP contribution in [0.1, 0.15) is 101 Å². The number of aliphatic hydroxyl groups excluding tert-OH is 5. The molecule has 0 bridgehead atoms. The Morgan fingerprint density at radius 2 is 1.54 bits per heavy atom. The van der Waals surface area contributed by atoms with Gasteiger partial charge in [-0.2, -0.15) is 13.8 Å². The number of nitrogen functional groups attached to an aromatic ring is 1. The van der Waals surface area contributed by atoms with Crippen LogP contribution in [-0.4, -0.2) is 192 Å². The number of Topliss-reactive ketones (excluding diaryl/α,β-unsaturated/α-hetero) is 1. The number of cyclic esters (lactones) is 1. The van der Waals surface area contributed by atoms with Crippen molar-refractivity contribution in [2.24, 2.45) is 23.7 Å². The summed E-state index contributed by atoms with van der Waals surface area (Å²) in [4.78, 5) is 44.5. The van der Waals surface area contributed by atoms with Crippen molar-refractivity contribution in [3.63, 3.8) is 0 Å². The molecule has 0 amide bonds. The molecule has 0 radical (unpaired) electrons. The molecule has 4 aliphatic heterocycles. The Morgan fingerprint density at radius 3 is 2.07 bits per heavy atom. The van der Waals surface area contributed by atoms with Gasteiger partial charge in [-0.25, -0.2) is 4.79 Å². The minimum atomic E-state index is -3.71. The van der Waals surface area contributed by atoms with E-state index in [0.717, 1.165) is 12.3 Å². The predicted octanol–water partition coefficient (Wildman–Crippen LogP) is 0.497. The summed E-state index contributed by atoms with van der Waals surface area (Å²) in [6.07, 6.45) is -14.4. The van der Waals surface area contributed by atoms with Gasteiger partial charge in [0.15, 0.2) is 18.7 Å². The third kappa shape index (κ3) is 12.7. The number of anilines is 1. The van der Waals surface area contributed by atoms with E-state index in [9.17, 15) is 53.8 Å². The summed E-state index contributed by atoms with van der Waals surface area (Å²) < 4.78 is 69.8. The zero-order valence-electron chi connectivity index (χ0n) is 42.0. The molecule has 5 rings (SSSR count). The number of likely N-dealkylation sites (N-methyl/N-ethyl adjacent to an activating group) is 1. The van der Waals surface area contributed by atoms with Crippen molar-refractivity contribution in [1.82, 2.24) is 14.5 Å². The molecule has 0 spiro atoms. The lowest BCUT2D eigenvalue weighted by Crippen LogP contribution is -2.61. The Kier molecular flexibility index (Phi) is 19.5. The maximum Gasteiger partial charge on any atom is 0.351 e. The van der Waals surface area contributed by atoms with Crippen LogP contribution in [0.2, 0.25) is 0 Å². The monoisotopic (exact) mass is 997 g/mol. The molecule has 5 heterocycles. The normalized spacial score (nSPS) is 44.7. The fraction of sp³-hybridized carbons (Fsp3) is 0.870. The van der Waals surface area contributed by atoms with Crippen LogP contribution in [0.3, 0.4) is 0 Å². The van der Waals surface area contributed by atoms with Gasteiger partial charge in [0.25, 0.3) is 0 Å². The number of aromatic nitrogens is 2. The van der Waals surface area contributed by atoms with Gasteiger partial charge in [0.2, 0.25) is 6.23 Å². The summed E-state index contributed by atoms with van der Waals surface area (Å²) in [5.74, 6) is -8.80. The number of alkyl halides is 2. The molecule has 1 aromatic heterocycles. The molecule has 21 atom stereocenters. The summed E-state index contributed by atoms with van der Waals surface area (Å²) in [6, 6.07) is 0.829. The molecule has 9 N–H and O–H groups in total. The van der Waals surface area contributed by atoms with Crippen molar-refractivity contribution >= 4 is 17.6 Å². The van der Waals surface area contributed by atoms with Crippen LogP contribution >= 0.6 is 0 Å². The number of methoxy groups -OCH3 is 1. The quantitative estimate of drug-likeness (QED) is 0.156. The van der Waals surface area contributed by atoms with E-state index in [4.69, 9.17) is 44.0 Å². The number of aliphatic hydroxyl groups is 7. The van der Waals surface area contributed by atoms with Crippen LogP contribution in [0.5, 0.6) is 0 Å². The lowest BCUT2D eigenvalue weighted by molar-refractivity contribution is -0.318. The minimum absolute atomic E-state index is 0.0936. The maximum absolute atomic E-state index is 14.1. The van der Waals surface area contributed by atoms with Crippen LogP contribution < -0.4 is 11.4 Å². The second-order valence-corrected chi connectivity index (χ2v) is 20.3. The number of nitrogens with zero attached hydrogens (tertiary/aromatic N) is 3. The van der Waals surface area contributed by atoms with E-state index < -0.39 is 144 Å². The molecule has 1 aromatic rings. The van der Waals surface area contributed by atoms with Gasteiger partial charge in [-0.05, 0) is 81.0 Å². The van der Waals surface area contributed by atoms with E-state index in [0.29, 0.717) is 11.0 Å². The SMILES string of the molecule is CC[C@H]1OC(=O)[C@H](C)[C@@H](O[C@H]2C[C@@](C)(OC)[C@@H](O)[C@H](C)O2)[C@H](C)[C@@H](O[C@@H]2O[C@H](C)C[C@H](N(C)C)[C@H]2O)[C@](C)(O)C[C@@H](C)C(=O)[C@H](C)[C@@H](O)[C@]1(C)O.Nc1ccn([C@@H]2O[C@H](CO)[C@@H](O)C2(F)F)c(=O)n1.